The lowest BCUT2D eigenvalue weighted by molar-refractivity contribution is 0.408. The minimum atomic E-state index is -3.64. The molecule has 0 aliphatic rings. The van der Waals surface area contributed by atoms with Gasteiger partial charge in [-0.3, -0.25) is 0 Å². The standard InChI is InChI=1S/C21H26N2O3S/c1-15(2)20(23-27(24,25)19-12-6-16(3)7-13-19)14-21(22-4)17-8-10-18(26-5)11-9-17/h6-13,15,20-21,23H,14H2,1-3,5H3/t20-,21+/m0/s1. The molecule has 2 rings (SSSR count). The lowest BCUT2D eigenvalue weighted by Gasteiger charge is -2.23. The van der Waals surface area contributed by atoms with E-state index in [9.17, 15) is 8.42 Å². The highest BCUT2D eigenvalue weighted by atomic mass is 32.2. The minimum Gasteiger partial charge on any atom is -0.497 e. The predicted molar refractivity (Wildman–Crippen MR) is 107 cm³/mol. The molecule has 0 spiro atoms. The van der Waals surface area contributed by atoms with Gasteiger partial charge in [0.2, 0.25) is 16.1 Å². The third kappa shape index (κ3) is 5.56. The van der Waals surface area contributed by atoms with Gasteiger partial charge in [-0.15, -0.1) is 0 Å². The molecule has 0 amide bonds. The molecule has 0 unspecified atom stereocenters. The van der Waals surface area contributed by atoms with Crippen molar-refractivity contribution in [2.75, 3.05) is 7.11 Å². The van der Waals surface area contributed by atoms with Gasteiger partial charge in [-0.2, -0.15) is 0 Å². The molecule has 0 aliphatic heterocycles. The van der Waals surface area contributed by atoms with Crippen molar-refractivity contribution in [3.8, 4) is 5.75 Å². The van der Waals surface area contributed by atoms with Crippen LogP contribution in [0.2, 0.25) is 0 Å². The van der Waals surface area contributed by atoms with Gasteiger partial charge in [0.05, 0.1) is 12.0 Å². The largest absolute Gasteiger partial charge is 0.497 e. The molecule has 0 radical (unpaired) electrons. The lowest BCUT2D eigenvalue weighted by Crippen LogP contribution is -2.39. The van der Waals surface area contributed by atoms with E-state index in [0.717, 1.165) is 16.9 Å². The number of benzene rings is 2. The number of sulfonamides is 1. The highest BCUT2D eigenvalue weighted by Crippen LogP contribution is 2.27. The molecule has 2 aromatic rings. The zero-order valence-corrected chi connectivity index (χ0v) is 17.0. The predicted octanol–water partition coefficient (Wildman–Crippen LogP) is 4.36. The molecule has 0 heterocycles. The number of methoxy groups -OCH3 is 1. The van der Waals surface area contributed by atoms with Gasteiger partial charge in [-0.25, -0.2) is 19.7 Å². The molecule has 0 aliphatic carbocycles. The Morgan fingerprint density at radius 3 is 2.15 bits per heavy atom. The minimum absolute atomic E-state index is 0.0488. The summed E-state index contributed by atoms with van der Waals surface area (Å²) in [6.45, 7) is 13.4. The maximum absolute atomic E-state index is 12.7. The summed E-state index contributed by atoms with van der Waals surface area (Å²) in [5, 5.41) is 0. The molecule has 0 aromatic heterocycles. The first kappa shape index (κ1) is 20.9. The number of nitrogens with zero attached hydrogens (tertiary/aromatic N) is 1. The molecular weight excluding hydrogens is 360 g/mol. The Hall–Kier alpha value is -2.36. The SMILES string of the molecule is [C-]#[N+][C@H](C[C@H](NS(=O)(=O)c1ccc(C)cc1)C(C)C)c1ccc(OC)cc1. The first-order valence-corrected chi connectivity index (χ1v) is 10.3. The van der Waals surface area contributed by atoms with Crippen LogP contribution in [-0.2, 0) is 10.0 Å². The molecular formula is C21H26N2O3S. The Morgan fingerprint density at radius 1 is 1.07 bits per heavy atom. The van der Waals surface area contributed by atoms with Crippen LogP contribution in [0.25, 0.3) is 4.85 Å². The van der Waals surface area contributed by atoms with Crippen molar-refractivity contribution in [2.45, 2.75) is 44.2 Å². The molecule has 27 heavy (non-hydrogen) atoms. The van der Waals surface area contributed by atoms with E-state index in [1.807, 2.05) is 45.0 Å². The van der Waals surface area contributed by atoms with Gasteiger partial charge in [0, 0.05) is 18.0 Å². The third-order valence-corrected chi connectivity index (χ3v) is 6.08. The second kappa shape index (κ2) is 9.03. The van der Waals surface area contributed by atoms with Crippen LogP contribution in [0.1, 0.15) is 37.4 Å². The average molecular weight is 387 g/mol. The fourth-order valence-electron chi connectivity index (χ4n) is 2.77. The summed E-state index contributed by atoms with van der Waals surface area (Å²) < 4.78 is 33.4. The summed E-state index contributed by atoms with van der Waals surface area (Å²) in [7, 11) is -2.05. The molecule has 144 valence electrons. The van der Waals surface area contributed by atoms with E-state index in [0.29, 0.717) is 6.42 Å². The first-order chi connectivity index (χ1) is 12.8. The lowest BCUT2D eigenvalue weighted by atomic mass is 9.94. The quantitative estimate of drug-likeness (QED) is 0.686. The molecule has 0 fully saturated rings. The van der Waals surface area contributed by atoms with Crippen LogP contribution >= 0.6 is 0 Å². The van der Waals surface area contributed by atoms with E-state index >= 15 is 0 Å². The van der Waals surface area contributed by atoms with Crippen molar-refractivity contribution in [3.63, 3.8) is 0 Å². The van der Waals surface area contributed by atoms with Gasteiger partial charge in [0.1, 0.15) is 5.75 Å². The van der Waals surface area contributed by atoms with Crippen LogP contribution in [-0.4, -0.2) is 21.6 Å². The van der Waals surface area contributed by atoms with Gasteiger partial charge in [-0.1, -0.05) is 31.5 Å². The van der Waals surface area contributed by atoms with Crippen LogP contribution in [0.15, 0.2) is 53.4 Å². The highest BCUT2D eigenvalue weighted by molar-refractivity contribution is 7.89. The molecule has 2 aromatic carbocycles. The second-order valence-electron chi connectivity index (χ2n) is 6.94. The van der Waals surface area contributed by atoms with Gasteiger partial charge in [0.25, 0.3) is 0 Å². The number of rotatable bonds is 8. The normalized spacial score (nSPS) is 13.8. The average Bonchev–Trinajstić information content (AvgIpc) is 2.65. The van der Waals surface area contributed by atoms with Crippen LogP contribution < -0.4 is 9.46 Å². The number of ether oxygens (including phenoxy) is 1. The van der Waals surface area contributed by atoms with Crippen LogP contribution in [0.3, 0.4) is 0 Å². The Morgan fingerprint density at radius 2 is 1.67 bits per heavy atom. The van der Waals surface area contributed by atoms with Crippen LogP contribution in [0.4, 0.5) is 0 Å². The molecule has 0 saturated heterocycles. The monoisotopic (exact) mass is 386 g/mol. The fraction of sp³-hybridized carbons (Fsp3) is 0.381. The van der Waals surface area contributed by atoms with E-state index < -0.39 is 16.1 Å². The topological polar surface area (TPSA) is 59.8 Å². The number of hydrogen-bond donors (Lipinski definition) is 1. The molecule has 6 heteroatoms. The molecule has 0 saturated carbocycles. The highest BCUT2D eigenvalue weighted by Gasteiger charge is 2.28. The van der Waals surface area contributed by atoms with E-state index in [4.69, 9.17) is 11.3 Å². The van der Waals surface area contributed by atoms with Gasteiger partial charge >= 0.3 is 0 Å². The maximum Gasteiger partial charge on any atom is 0.250 e. The smallest absolute Gasteiger partial charge is 0.250 e. The van der Waals surface area contributed by atoms with E-state index in [1.54, 1.807) is 31.4 Å². The first-order valence-electron chi connectivity index (χ1n) is 8.86. The van der Waals surface area contributed by atoms with E-state index in [-0.39, 0.29) is 16.9 Å². The van der Waals surface area contributed by atoms with Gasteiger partial charge in [-0.05, 0) is 49.2 Å². The van der Waals surface area contributed by atoms with E-state index in [2.05, 4.69) is 9.57 Å². The molecule has 0 bridgehead atoms. The summed E-state index contributed by atoms with van der Waals surface area (Å²) in [4.78, 5) is 3.96. The molecule has 2 atom stereocenters. The van der Waals surface area contributed by atoms with Crippen molar-refractivity contribution < 1.29 is 13.2 Å². The van der Waals surface area contributed by atoms with Crippen molar-refractivity contribution in [3.05, 3.63) is 71.1 Å². The van der Waals surface area contributed by atoms with Crippen LogP contribution in [0, 0.1) is 19.4 Å². The summed E-state index contributed by atoms with van der Waals surface area (Å²) in [5.41, 5.74) is 1.85. The van der Waals surface area contributed by atoms with Crippen molar-refractivity contribution in [2.24, 2.45) is 5.92 Å². The second-order valence-corrected chi connectivity index (χ2v) is 8.65. The van der Waals surface area contributed by atoms with E-state index in [1.165, 1.54) is 0 Å². The van der Waals surface area contributed by atoms with Crippen molar-refractivity contribution in [1.82, 2.24) is 4.72 Å². The fourth-order valence-corrected chi connectivity index (χ4v) is 4.17. The van der Waals surface area contributed by atoms with Gasteiger partial charge in [0.15, 0.2) is 0 Å². The van der Waals surface area contributed by atoms with Crippen LogP contribution in [0.5, 0.6) is 5.75 Å². The Bertz CT molecular complexity index is 883. The zero-order chi connectivity index (χ0) is 20.0. The Balaban J connectivity index is 2.20. The molecule has 5 nitrogen and oxygen atoms in total. The molecule has 1 N–H and O–H groups in total. The number of nitrogens with one attached hydrogen (secondary N) is 1. The van der Waals surface area contributed by atoms with Crippen molar-refractivity contribution in [1.29, 1.82) is 0 Å². The summed E-state index contributed by atoms with van der Waals surface area (Å²) in [5.74, 6) is 0.774. The maximum atomic E-state index is 12.7. The Labute approximate surface area is 162 Å². The third-order valence-electron chi connectivity index (χ3n) is 4.58. The number of hydrogen-bond acceptors (Lipinski definition) is 3. The Kier molecular flexibility index (Phi) is 7.00. The van der Waals surface area contributed by atoms with Gasteiger partial charge < -0.3 is 9.58 Å². The summed E-state index contributed by atoms with van der Waals surface area (Å²) >= 11 is 0. The number of aryl methyl sites for hydroxylation is 1. The summed E-state index contributed by atoms with van der Waals surface area (Å²) in [6, 6.07) is 13.3. The van der Waals surface area contributed by atoms with Crippen molar-refractivity contribution >= 4 is 10.0 Å². The summed E-state index contributed by atoms with van der Waals surface area (Å²) in [6.07, 6.45) is 0.401. The zero-order valence-electron chi connectivity index (χ0n) is 16.1.